The summed E-state index contributed by atoms with van der Waals surface area (Å²) < 4.78 is 27.0. The van der Waals surface area contributed by atoms with Crippen molar-refractivity contribution in [2.75, 3.05) is 11.5 Å². The van der Waals surface area contributed by atoms with E-state index < -0.39 is 29.2 Å². The highest BCUT2D eigenvalue weighted by Crippen LogP contribution is 2.28. The van der Waals surface area contributed by atoms with Gasteiger partial charge in [-0.25, -0.2) is 8.78 Å². The summed E-state index contributed by atoms with van der Waals surface area (Å²) in [5, 5.41) is 15.7. The lowest BCUT2D eigenvalue weighted by atomic mass is 9.99. The van der Waals surface area contributed by atoms with Crippen molar-refractivity contribution < 1.29 is 18.4 Å². The van der Waals surface area contributed by atoms with Crippen LogP contribution in [0.15, 0.2) is 23.4 Å². The fraction of sp³-hybridized carbons (Fsp3) is 0.400. The number of nitriles is 1. The number of benzene rings is 1. The maximum Gasteiger partial charge on any atom is 0.265 e. The molecule has 1 aromatic carbocycles. The Balaban J connectivity index is 1.68. The van der Waals surface area contributed by atoms with Gasteiger partial charge in [-0.3, -0.25) is 4.79 Å². The van der Waals surface area contributed by atoms with Crippen molar-refractivity contribution in [1.29, 1.82) is 5.26 Å². The molecule has 5 nitrogen and oxygen atoms in total. The van der Waals surface area contributed by atoms with E-state index in [0.29, 0.717) is 12.2 Å². The maximum absolute atomic E-state index is 13.7. The van der Waals surface area contributed by atoms with E-state index >= 15 is 0 Å². The van der Waals surface area contributed by atoms with E-state index in [9.17, 15) is 18.8 Å². The molecule has 2 aliphatic heterocycles. The van der Waals surface area contributed by atoms with E-state index in [-0.39, 0.29) is 17.7 Å². The summed E-state index contributed by atoms with van der Waals surface area (Å²) >= 11 is 1.59. The van der Waals surface area contributed by atoms with E-state index in [1.165, 1.54) is 0 Å². The van der Waals surface area contributed by atoms with Gasteiger partial charge in [0, 0.05) is 17.7 Å². The molecule has 1 N–H and O–H groups in total. The zero-order valence-corrected chi connectivity index (χ0v) is 12.8. The van der Waals surface area contributed by atoms with Crippen LogP contribution in [0.2, 0.25) is 0 Å². The van der Waals surface area contributed by atoms with Gasteiger partial charge in [0.2, 0.25) is 6.10 Å². The molecule has 0 spiro atoms. The molecule has 0 unspecified atom stereocenters. The molecular weight excluding hydrogens is 324 g/mol. The Kier molecular flexibility index (Phi) is 4.22. The lowest BCUT2D eigenvalue weighted by Crippen LogP contribution is -2.51. The number of carbonyl (C=O) groups is 1. The number of amides is 1. The first kappa shape index (κ1) is 15.7. The molecular formula is C15H13F2N3O2S. The number of thioether (sulfide) groups is 1. The van der Waals surface area contributed by atoms with E-state index in [0.717, 1.165) is 24.0 Å². The SMILES string of the molecule is N#C[C@@]1(NC(=O)[C@@H]2CC(c3cc(F)ccc3F)=NO2)CCSC1. The van der Waals surface area contributed by atoms with Crippen molar-refractivity contribution in [3.8, 4) is 6.07 Å². The molecule has 0 saturated carbocycles. The molecule has 3 rings (SSSR count). The molecule has 2 aliphatic rings. The molecule has 0 aromatic heterocycles. The summed E-state index contributed by atoms with van der Waals surface area (Å²) in [6.07, 6.45) is -0.344. The summed E-state index contributed by atoms with van der Waals surface area (Å²) in [5.41, 5.74) is -0.738. The van der Waals surface area contributed by atoms with Crippen molar-refractivity contribution in [3.63, 3.8) is 0 Å². The number of hydrogen-bond donors (Lipinski definition) is 1. The molecule has 1 fully saturated rings. The van der Waals surface area contributed by atoms with Gasteiger partial charge >= 0.3 is 0 Å². The van der Waals surface area contributed by atoms with Gasteiger partial charge in [0.15, 0.2) is 0 Å². The lowest BCUT2D eigenvalue weighted by molar-refractivity contribution is -0.132. The Labute approximate surface area is 135 Å². The van der Waals surface area contributed by atoms with Gasteiger partial charge in [-0.15, -0.1) is 0 Å². The first-order valence-corrected chi connectivity index (χ1v) is 8.18. The number of nitrogens with zero attached hydrogens (tertiary/aromatic N) is 2. The number of halogens is 2. The second-order valence-corrected chi connectivity index (χ2v) is 6.55. The largest absolute Gasteiger partial charge is 0.382 e. The molecule has 2 heterocycles. The first-order valence-electron chi connectivity index (χ1n) is 7.02. The molecule has 0 bridgehead atoms. The minimum atomic E-state index is -0.941. The van der Waals surface area contributed by atoms with Crippen LogP contribution in [0.5, 0.6) is 0 Å². The van der Waals surface area contributed by atoms with E-state index in [1.54, 1.807) is 11.8 Å². The molecule has 23 heavy (non-hydrogen) atoms. The van der Waals surface area contributed by atoms with E-state index in [4.69, 9.17) is 4.84 Å². The number of carbonyl (C=O) groups excluding carboxylic acids is 1. The van der Waals surface area contributed by atoms with Gasteiger partial charge in [0.05, 0.1) is 11.8 Å². The third kappa shape index (κ3) is 3.15. The fourth-order valence-electron chi connectivity index (χ4n) is 2.49. The van der Waals surface area contributed by atoms with Gasteiger partial charge in [-0.05, 0) is 30.4 Å². The van der Waals surface area contributed by atoms with Crippen molar-refractivity contribution in [2.45, 2.75) is 24.5 Å². The van der Waals surface area contributed by atoms with Gasteiger partial charge < -0.3 is 10.2 Å². The van der Waals surface area contributed by atoms with E-state index in [2.05, 4.69) is 16.5 Å². The third-order valence-corrected chi connectivity index (χ3v) is 4.99. The summed E-state index contributed by atoms with van der Waals surface area (Å²) in [6, 6.07) is 5.16. The molecule has 1 saturated heterocycles. The van der Waals surface area contributed by atoms with Gasteiger partial charge in [-0.1, -0.05) is 5.16 Å². The lowest BCUT2D eigenvalue weighted by Gasteiger charge is -2.22. The second-order valence-electron chi connectivity index (χ2n) is 5.45. The normalized spacial score (nSPS) is 26.3. The van der Waals surface area contributed by atoms with Crippen molar-refractivity contribution >= 4 is 23.4 Å². The van der Waals surface area contributed by atoms with E-state index in [1.807, 2.05) is 0 Å². The molecule has 8 heteroatoms. The summed E-state index contributed by atoms with van der Waals surface area (Å²) in [5.74, 6) is -0.368. The minimum absolute atomic E-state index is 0.0216. The van der Waals surface area contributed by atoms with Crippen LogP contribution in [0.1, 0.15) is 18.4 Å². The Morgan fingerprint density at radius 1 is 1.52 bits per heavy atom. The number of oxime groups is 1. The predicted molar refractivity (Wildman–Crippen MR) is 80.8 cm³/mol. The minimum Gasteiger partial charge on any atom is -0.382 e. The van der Waals surface area contributed by atoms with Crippen LogP contribution in [0.3, 0.4) is 0 Å². The average molecular weight is 337 g/mol. The zero-order chi connectivity index (χ0) is 16.4. The smallest absolute Gasteiger partial charge is 0.265 e. The Bertz CT molecular complexity index is 711. The van der Waals surface area contributed by atoms with Gasteiger partial charge in [0.25, 0.3) is 5.91 Å². The first-order chi connectivity index (χ1) is 11.0. The molecule has 1 amide bonds. The second kappa shape index (κ2) is 6.16. The number of rotatable bonds is 3. The maximum atomic E-state index is 13.7. The Hall–Kier alpha value is -2.14. The summed E-state index contributed by atoms with van der Waals surface area (Å²) in [6.45, 7) is 0. The van der Waals surface area contributed by atoms with Crippen molar-refractivity contribution in [1.82, 2.24) is 5.32 Å². The number of nitrogens with one attached hydrogen (secondary N) is 1. The van der Waals surface area contributed by atoms with Crippen molar-refractivity contribution in [2.24, 2.45) is 5.16 Å². The van der Waals surface area contributed by atoms with Gasteiger partial charge in [-0.2, -0.15) is 17.0 Å². The van der Waals surface area contributed by atoms with Crippen LogP contribution in [-0.4, -0.2) is 34.8 Å². The highest BCUT2D eigenvalue weighted by molar-refractivity contribution is 7.99. The standard InChI is InChI=1S/C15H13F2N3O2S/c16-9-1-2-11(17)10(5-9)12-6-13(22-20-12)14(21)19-15(7-18)3-4-23-8-15/h1-2,5,13H,3-4,6,8H2,(H,19,21)/t13-,15-/m0/s1. The van der Waals surface area contributed by atoms with Crippen LogP contribution in [-0.2, 0) is 9.63 Å². The Morgan fingerprint density at radius 3 is 3.04 bits per heavy atom. The monoisotopic (exact) mass is 337 g/mol. The highest BCUT2D eigenvalue weighted by Gasteiger charge is 2.40. The zero-order valence-electron chi connectivity index (χ0n) is 12.0. The van der Waals surface area contributed by atoms with Crippen LogP contribution in [0, 0.1) is 23.0 Å². The summed E-state index contributed by atoms with van der Waals surface area (Å²) in [7, 11) is 0. The molecule has 0 aliphatic carbocycles. The topological polar surface area (TPSA) is 74.5 Å². The third-order valence-electron chi connectivity index (χ3n) is 3.80. The van der Waals surface area contributed by atoms with Crippen LogP contribution >= 0.6 is 11.8 Å². The average Bonchev–Trinajstić information content (AvgIpc) is 3.19. The Morgan fingerprint density at radius 2 is 2.35 bits per heavy atom. The summed E-state index contributed by atoms with van der Waals surface area (Å²) in [4.78, 5) is 17.3. The van der Waals surface area contributed by atoms with Crippen molar-refractivity contribution in [3.05, 3.63) is 35.4 Å². The molecule has 2 atom stereocenters. The van der Waals surface area contributed by atoms with Crippen LogP contribution in [0.25, 0.3) is 0 Å². The molecule has 0 radical (unpaired) electrons. The molecule has 120 valence electrons. The van der Waals surface area contributed by atoms with Gasteiger partial charge in [0.1, 0.15) is 17.2 Å². The molecule has 1 aromatic rings. The number of hydrogen-bond acceptors (Lipinski definition) is 5. The van der Waals surface area contributed by atoms with Crippen LogP contribution in [0.4, 0.5) is 8.78 Å². The fourth-order valence-corrected chi connectivity index (χ4v) is 3.76. The van der Waals surface area contributed by atoms with Crippen LogP contribution < -0.4 is 5.32 Å². The highest BCUT2D eigenvalue weighted by atomic mass is 32.2. The quantitative estimate of drug-likeness (QED) is 0.915. The predicted octanol–water partition coefficient (Wildman–Crippen LogP) is 1.97.